The fraction of sp³-hybridized carbons (Fsp3) is 0.154. The van der Waals surface area contributed by atoms with Crippen LogP contribution in [-0.4, -0.2) is 5.91 Å². The van der Waals surface area contributed by atoms with E-state index in [1.807, 2.05) is 13.0 Å². The van der Waals surface area contributed by atoms with Crippen molar-refractivity contribution in [2.24, 2.45) is 0 Å². The van der Waals surface area contributed by atoms with Crippen LogP contribution in [0.25, 0.3) is 0 Å². The Bertz CT molecular complexity index is 616. The van der Waals surface area contributed by atoms with E-state index >= 15 is 0 Å². The lowest BCUT2D eigenvalue weighted by molar-refractivity contribution is 0.0939. The molecule has 1 atom stereocenters. The number of carbonyl (C=O) groups excluding carboxylic acids is 1. The predicted molar refractivity (Wildman–Crippen MR) is 79.3 cm³/mol. The van der Waals surface area contributed by atoms with E-state index in [0.29, 0.717) is 14.4 Å². The highest BCUT2D eigenvalue weighted by Crippen LogP contribution is 2.27. The number of amides is 1. The van der Waals surface area contributed by atoms with Gasteiger partial charge in [-0.1, -0.05) is 11.6 Å². The monoisotopic (exact) mass is 361 g/mol. The average Bonchev–Trinajstić information content (AvgIpc) is 2.75. The number of hydrogen-bond acceptors (Lipinski definition) is 2. The van der Waals surface area contributed by atoms with Crippen LogP contribution in [-0.2, 0) is 0 Å². The SMILES string of the molecule is C[C@H](NC(=O)c1ccc(F)cc1Br)c1ccc(Cl)s1. The van der Waals surface area contributed by atoms with Crippen molar-refractivity contribution >= 4 is 44.8 Å². The maximum absolute atomic E-state index is 13.0. The molecule has 1 N–H and O–H groups in total. The molecule has 1 aromatic heterocycles. The molecule has 0 saturated heterocycles. The van der Waals surface area contributed by atoms with Gasteiger partial charge in [-0.2, -0.15) is 0 Å². The fourth-order valence-electron chi connectivity index (χ4n) is 1.58. The van der Waals surface area contributed by atoms with E-state index in [0.717, 1.165) is 4.88 Å². The van der Waals surface area contributed by atoms with Gasteiger partial charge in [-0.25, -0.2) is 4.39 Å². The number of thiophene rings is 1. The van der Waals surface area contributed by atoms with Gasteiger partial charge in [-0.15, -0.1) is 11.3 Å². The van der Waals surface area contributed by atoms with Gasteiger partial charge in [-0.05, 0) is 53.2 Å². The van der Waals surface area contributed by atoms with Crippen LogP contribution < -0.4 is 5.32 Å². The van der Waals surface area contributed by atoms with E-state index in [-0.39, 0.29) is 17.8 Å². The van der Waals surface area contributed by atoms with Gasteiger partial charge >= 0.3 is 0 Å². The number of nitrogens with one attached hydrogen (secondary N) is 1. The molecule has 0 fully saturated rings. The van der Waals surface area contributed by atoms with Crippen LogP contribution in [0.2, 0.25) is 4.34 Å². The highest BCUT2D eigenvalue weighted by Gasteiger charge is 2.15. The summed E-state index contributed by atoms with van der Waals surface area (Å²) in [7, 11) is 0. The van der Waals surface area contributed by atoms with Crippen LogP contribution in [0.4, 0.5) is 4.39 Å². The maximum Gasteiger partial charge on any atom is 0.252 e. The van der Waals surface area contributed by atoms with Crippen molar-refractivity contribution in [3.05, 3.63) is 55.4 Å². The molecule has 2 rings (SSSR count). The van der Waals surface area contributed by atoms with Gasteiger partial charge in [0.05, 0.1) is 15.9 Å². The van der Waals surface area contributed by atoms with Crippen molar-refractivity contribution in [1.29, 1.82) is 0 Å². The Morgan fingerprint density at radius 2 is 2.16 bits per heavy atom. The first kappa shape index (κ1) is 14.5. The first-order valence-corrected chi connectivity index (χ1v) is 7.47. The second kappa shape index (κ2) is 6.03. The third kappa shape index (κ3) is 3.55. The van der Waals surface area contributed by atoms with Crippen molar-refractivity contribution in [2.45, 2.75) is 13.0 Å². The summed E-state index contributed by atoms with van der Waals surface area (Å²) in [5.74, 6) is -0.648. The van der Waals surface area contributed by atoms with Gasteiger partial charge in [0.2, 0.25) is 0 Å². The number of carbonyl (C=O) groups is 1. The Hall–Kier alpha value is -0.910. The molecule has 1 amide bonds. The minimum atomic E-state index is -0.387. The highest BCUT2D eigenvalue weighted by atomic mass is 79.9. The zero-order valence-corrected chi connectivity index (χ0v) is 13.1. The van der Waals surface area contributed by atoms with E-state index in [2.05, 4.69) is 21.2 Å². The quantitative estimate of drug-likeness (QED) is 0.835. The fourth-order valence-corrected chi connectivity index (χ4v) is 3.17. The largest absolute Gasteiger partial charge is 0.345 e. The van der Waals surface area contributed by atoms with E-state index < -0.39 is 0 Å². The molecule has 6 heteroatoms. The summed E-state index contributed by atoms with van der Waals surface area (Å²) in [5.41, 5.74) is 0.399. The van der Waals surface area contributed by atoms with Gasteiger partial charge in [0, 0.05) is 9.35 Å². The standard InChI is InChI=1S/C13H10BrClFNOS/c1-7(11-4-5-12(15)19-11)17-13(18)9-3-2-8(16)6-10(9)14/h2-7H,1H3,(H,17,18)/t7-/m0/s1. The second-order valence-corrected chi connectivity index (χ2v) is 6.56. The zero-order valence-electron chi connectivity index (χ0n) is 9.91. The number of benzene rings is 1. The van der Waals surface area contributed by atoms with E-state index in [1.165, 1.54) is 29.5 Å². The lowest BCUT2D eigenvalue weighted by Gasteiger charge is -2.13. The third-order valence-electron chi connectivity index (χ3n) is 2.54. The molecule has 0 aliphatic heterocycles. The minimum Gasteiger partial charge on any atom is -0.345 e. The predicted octanol–water partition coefficient (Wildman–Crippen LogP) is 4.79. The molecule has 0 bridgehead atoms. The molecule has 0 spiro atoms. The lowest BCUT2D eigenvalue weighted by Crippen LogP contribution is -2.26. The molecular weight excluding hydrogens is 353 g/mol. The molecule has 19 heavy (non-hydrogen) atoms. The van der Waals surface area contributed by atoms with Gasteiger partial charge in [0.25, 0.3) is 5.91 Å². The molecule has 2 aromatic rings. The highest BCUT2D eigenvalue weighted by molar-refractivity contribution is 9.10. The second-order valence-electron chi connectivity index (χ2n) is 3.96. The third-order valence-corrected chi connectivity index (χ3v) is 4.61. The van der Waals surface area contributed by atoms with Crippen molar-refractivity contribution in [1.82, 2.24) is 5.32 Å². The maximum atomic E-state index is 13.0. The van der Waals surface area contributed by atoms with Gasteiger partial charge < -0.3 is 5.32 Å². The summed E-state index contributed by atoms with van der Waals surface area (Å²) in [6.07, 6.45) is 0. The Morgan fingerprint density at radius 3 is 2.74 bits per heavy atom. The molecule has 2 nitrogen and oxygen atoms in total. The summed E-state index contributed by atoms with van der Waals surface area (Å²) in [4.78, 5) is 13.0. The topological polar surface area (TPSA) is 29.1 Å². The van der Waals surface area contributed by atoms with Crippen LogP contribution in [0.5, 0.6) is 0 Å². The van der Waals surface area contributed by atoms with Crippen molar-refractivity contribution in [2.75, 3.05) is 0 Å². The first-order chi connectivity index (χ1) is 8.97. The lowest BCUT2D eigenvalue weighted by atomic mass is 10.2. The summed E-state index contributed by atoms with van der Waals surface area (Å²) >= 11 is 10.5. The number of hydrogen-bond donors (Lipinski definition) is 1. The molecule has 0 unspecified atom stereocenters. The first-order valence-electron chi connectivity index (χ1n) is 5.48. The van der Waals surface area contributed by atoms with E-state index in [4.69, 9.17) is 11.6 Å². The van der Waals surface area contributed by atoms with E-state index in [9.17, 15) is 9.18 Å². The molecule has 0 aliphatic carbocycles. The number of halogens is 3. The molecule has 1 heterocycles. The molecule has 1 aromatic carbocycles. The zero-order chi connectivity index (χ0) is 14.0. The van der Waals surface area contributed by atoms with E-state index in [1.54, 1.807) is 6.07 Å². The van der Waals surface area contributed by atoms with Crippen molar-refractivity contribution in [3.63, 3.8) is 0 Å². The minimum absolute atomic E-state index is 0.151. The summed E-state index contributed by atoms with van der Waals surface area (Å²) in [5, 5.41) is 2.85. The van der Waals surface area contributed by atoms with Gasteiger partial charge in [-0.3, -0.25) is 4.79 Å². The van der Waals surface area contributed by atoms with Crippen molar-refractivity contribution in [3.8, 4) is 0 Å². The summed E-state index contributed by atoms with van der Waals surface area (Å²) < 4.78 is 14.1. The van der Waals surface area contributed by atoms with Crippen LogP contribution in [0, 0.1) is 5.82 Å². The van der Waals surface area contributed by atoms with Crippen molar-refractivity contribution < 1.29 is 9.18 Å². The van der Waals surface area contributed by atoms with Crippen LogP contribution >= 0.6 is 38.9 Å². The molecule has 0 aliphatic rings. The summed E-state index contributed by atoms with van der Waals surface area (Å²) in [6.45, 7) is 1.87. The molecule has 0 saturated carbocycles. The molecular formula is C13H10BrClFNOS. The summed E-state index contributed by atoms with van der Waals surface area (Å²) in [6, 6.07) is 7.48. The molecule has 0 radical (unpaired) electrons. The van der Waals surface area contributed by atoms with Gasteiger partial charge in [0.15, 0.2) is 0 Å². The Labute approximate surface area is 127 Å². The number of rotatable bonds is 3. The average molecular weight is 363 g/mol. The van der Waals surface area contributed by atoms with Gasteiger partial charge in [0.1, 0.15) is 5.82 Å². The Balaban J connectivity index is 2.12. The van der Waals surface area contributed by atoms with Crippen LogP contribution in [0.15, 0.2) is 34.8 Å². The smallest absolute Gasteiger partial charge is 0.252 e. The van der Waals surface area contributed by atoms with Crippen LogP contribution in [0.3, 0.4) is 0 Å². The molecule has 100 valence electrons. The Morgan fingerprint density at radius 1 is 1.42 bits per heavy atom. The Kier molecular flexibility index (Phi) is 4.60. The van der Waals surface area contributed by atoms with Crippen LogP contribution in [0.1, 0.15) is 28.2 Å². The normalized spacial score (nSPS) is 12.2.